The SMILES string of the molecule is CCOC(=O)c1ccc(C(Cl)C(C)=O)cc1SC(F)(F)F. The largest absolute Gasteiger partial charge is 0.462 e. The van der Waals surface area contributed by atoms with Crippen LogP contribution in [0, 0.1) is 0 Å². The number of thioether (sulfide) groups is 1. The molecule has 1 rings (SSSR count). The van der Waals surface area contributed by atoms with Gasteiger partial charge in [-0.2, -0.15) is 13.2 Å². The van der Waals surface area contributed by atoms with Crippen molar-refractivity contribution in [1.29, 1.82) is 0 Å². The molecule has 0 amide bonds. The average Bonchev–Trinajstić information content (AvgIpc) is 2.35. The van der Waals surface area contributed by atoms with Crippen LogP contribution in [0.25, 0.3) is 0 Å². The van der Waals surface area contributed by atoms with E-state index in [2.05, 4.69) is 0 Å². The second-order valence-electron chi connectivity index (χ2n) is 4.00. The van der Waals surface area contributed by atoms with Crippen LogP contribution in [0.15, 0.2) is 23.1 Å². The van der Waals surface area contributed by atoms with Gasteiger partial charge in [-0.05, 0) is 43.3 Å². The van der Waals surface area contributed by atoms with Gasteiger partial charge in [0.05, 0.1) is 12.2 Å². The Morgan fingerprint density at radius 1 is 1.38 bits per heavy atom. The molecule has 0 heterocycles. The molecule has 1 unspecified atom stereocenters. The number of hydrogen-bond acceptors (Lipinski definition) is 4. The summed E-state index contributed by atoms with van der Waals surface area (Å²) >= 11 is 5.38. The van der Waals surface area contributed by atoms with E-state index in [1.54, 1.807) is 6.92 Å². The van der Waals surface area contributed by atoms with E-state index >= 15 is 0 Å². The van der Waals surface area contributed by atoms with Crippen molar-refractivity contribution in [3.63, 3.8) is 0 Å². The number of halogens is 4. The van der Waals surface area contributed by atoms with E-state index in [-0.39, 0.29) is 22.6 Å². The lowest BCUT2D eigenvalue weighted by Gasteiger charge is -2.13. The minimum absolute atomic E-state index is 0.0439. The third-order valence-electron chi connectivity index (χ3n) is 2.38. The highest BCUT2D eigenvalue weighted by atomic mass is 35.5. The number of carbonyl (C=O) groups excluding carboxylic acids is 2. The maximum absolute atomic E-state index is 12.6. The Balaban J connectivity index is 3.26. The van der Waals surface area contributed by atoms with Gasteiger partial charge >= 0.3 is 11.5 Å². The van der Waals surface area contributed by atoms with Gasteiger partial charge in [-0.1, -0.05) is 6.07 Å². The highest BCUT2D eigenvalue weighted by Crippen LogP contribution is 2.40. The second-order valence-corrected chi connectivity index (χ2v) is 5.54. The van der Waals surface area contributed by atoms with Gasteiger partial charge in [0, 0.05) is 4.90 Å². The van der Waals surface area contributed by atoms with Crippen LogP contribution >= 0.6 is 23.4 Å². The Labute approximate surface area is 128 Å². The van der Waals surface area contributed by atoms with Gasteiger partial charge in [0.25, 0.3) is 0 Å². The number of benzene rings is 1. The molecule has 0 spiro atoms. The Morgan fingerprint density at radius 2 is 2.00 bits per heavy atom. The van der Waals surface area contributed by atoms with Crippen molar-refractivity contribution in [1.82, 2.24) is 0 Å². The maximum Gasteiger partial charge on any atom is 0.446 e. The predicted octanol–water partition coefficient (Wildman–Crippen LogP) is 4.34. The maximum atomic E-state index is 12.6. The van der Waals surface area contributed by atoms with Crippen molar-refractivity contribution >= 4 is 35.1 Å². The molecule has 0 saturated carbocycles. The number of alkyl halides is 4. The molecule has 0 radical (unpaired) electrons. The molecule has 0 aliphatic heterocycles. The standard InChI is InChI=1S/C13H12ClF3O3S/c1-3-20-12(19)9-5-4-8(11(14)7(2)18)6-10(9)21-13(15,16)17/h4-6,11H,3H2,1-2H3. The summed E-state index contributed by atoms with van der Waals surface area (Å²) in [6.45, 7) is 2.82. The molecule has 0 bridgehead atoms. The fraction of sp³-hybridized carbons (Fsp3) is 0.385. The molecule has 116 valence electrons. The number of ether oxygens (including phenoxy) is 1. The molecular weight excluding hydrogens is 329 g/mol. The van der Waals surface area contributed by atoms with Crippen LogP contribution in [0.3, 0.4) is 0 Å². The number of esters is 1. The number of rotatable bonds is 5. The van der Waals surface area contributed by atoms with Gasteiger partial charge < -0.3 is 4.74 Å². The number of Topliss-reactive ketones (excluding diaryl/α,β-unsaturated/α-hetero) is 1. The fourth-order valence-electron chi connectivity index (χ4n) is 1.52. The topological polar surface area (TPSA) is 43.4 Å². The molecule has 1 atom stereocenters. The first-order chi connectivity index (χ1) is 9.65. The van der Waals surface area contributed by atoms with Crippen molar-refractivity contribution in [2.75, 3.05) is 6.61 Å². The molecule has 0 aliphatic rings. The van der Waals surface area contributed by atoms with E-state index in [0.717, 1.165) is 6.07 Å². The summed E-state index contributed by atoms with van der Waals surface area (Å²) < 4.78 is 42.4. The molecule has 1 aromatic carbocycles. The van der Waals surface area contributed by atoms with Crippen LogP contribution < -0.4 is 0 Å². The second kappa shape index (κ2) is 7.17. The highest BCUT2D eigenvalue weighted by Gasteiger charge is 2.32. The van der Waals surface area contributed by atoms with Crippen LogP contribution in [0.2, 0.25) is 0 Å². The summed E-state index contributed by atoms with van der Waals surface area (Å²) in [5.74, 6) is -1.26. The van der Waals surface area contributed by atoms with E-state index in [0.29, 0.717) is 0 Å². The van der Waals surface area contributed by atoms with E-state index in [1.165, 1.54) is 19.1 Å². The van der Waals surface area contributed by atoms with E-state index < -0.39 is 34.4 Å². The van der Waals surface area contributed by atoms with Crippen molar-refractivity contribution in [2.45, 2.75) is 29.6 Å². The first-order valence-corrected chi connectivity index (χ1v) is 7.12. The van der Waals surface area contributed by atoms with E-state index in [4.69, 9.17) is 16.3 Å². The van der Waals surface area contributed by atoms with Crippen molar-refractivity contribution in [3.05, 3.63) is 29.3 Å². The molecule has 21 heavy (non-hydrogen) atoms. The van der Waals surface area contributed by atoms with E-state index in [9.17, 15) is 22.8 Å². The Bertz CT molecular complexity index is 546. The fourth-order valence-corrected chi connectivity index (χ4v) is 2.36. The van der Waals surface area contributed by atoms with Crippen LogP contribution in [0.1, 0.15) is 35.1 Å². The zero-order chi connectivity index (χ0) is 16.2. The Kier molecular flexibility index (Phi) is 6.10. The van der Waals surface area contributed by atoms with Gasteiger partial charge in [-0.25, -0.2) is 4.79 Å². The summed E-state index contributed by atoms with van der Waals surface area (Å²) in [6, 6.07) is 3.61. The monoisotopic (exact) mass is 340 g/mol. The zero-order valence-corrected chi connectivity index (χ0v) is 12.7. The summed E-state index contributed by atoms with van der Waals surface area (Å²) in [7, 11) is 0. The molecule has 3 nitrogen and oxygen atoms in total. The van der Waals surface area contributed by atoms with Crippen molar-refractivity contribution in [2.24, 2.45) is 0 Å². The lowest BCUT2D eigenvalue weighted by Crippen LogP contribution is -2.10. The predicted molar refractivity (Wildman–Crippen MR) is 73.6 cm³/mol. The molecular formula is C13H12ClF3O3S. The van der Waals surface area contributed by atoms with Gasteiger partial charge in [0.15, 0.2) is 5.78 Å². The summed E-state index contributed by atoms with van der Waals surface area (Å²) in [5.41, 5.74) is -4.59. The first kappa shape index (κ1) is 17.8. The van der Waals surface area contributed by atoms with Crippen LogP contribution in [-0.4, -0.2) is 23.9 Å². The molecule has 0 N–H and O–H groups in total. The number of hydrogen-bond donors (Lipinski definition) is 0. The Morgan fingerprint density at radius 3 is 2.48 bits per heavy atom. The summed E-state index contributed by atoms with van der Waals surface area (Å²) in [6.07, 6.45) is 0. The van der Waals surface area contributed by atoms with Crippen LogP contribution in [0.5, 0.6) is 0 Å². The lowest BCUT2D eigenvalue weighted by molar-refractivity contribution is -0.116. The lowest BCUT2D eigenvalue weighted by atomic mass is 10.1. The molecule has 0 fully saturated rings. The number of ketones is 1. The third-order valence-corrected chi connectivity index (χ3v) is 3.72. The van der Waals surface area contributed by atoms with Crippen molar-refractivity contribution in [3.8, 4) is 0 Å². The van der Waals surface area contributed by atoms with E-state index in [1.807, 2.05) is 0 Å². The molecule has 0 aliphatic carbocycles. The zero-order valence-electron chi connectivity index (χ0n) is 11.2. The van der Waals surface area contributed by atoms with Gasteiger partial charge in [-0.3, -0.25) is 4.79 Å². The average molecular weight is 341 g/mol. The molecule has 0 aromatic heterocycles. The van der Waals surface area contributed by atoms with Crippen molar-refractivity contribution < 1.29 is 27.5 Å². The highest BCUT2D eigenvalue weighted by molar-refractivity contribution is 8.00. The van der Waals surface area contributed by atoms with Crippen LogP contribution in [0.4, 0.5) is 13.2 Å². The third kappa shape index (κ3) is 5.24. The Hall–Kier alpha value is -1.21. The minimum atomic E-state index is -4.57. The van der Waals surface area contributed by atoms with Gasteiger partial charge in [-0.15, -0.1) is 11.6 Å². The number of carbonyl (C=O) groups is 2. The molecule has 8 heteroatoms. The summed E-state index contributed by atoms with van der Waals surface area (Å²) in [5, 5.41) is -1.06. The van der Waals surface area contributed by atoms with Gasteiger partial charge in [0.2, 0.25) is 0 Å². The van der Waals surface area contributed by atoms with Crippen LogP contribution in [-0.2, 0) is 9.53 Å². The minimum Gasteiger partial charge on any atom is -0.462 e. The molecule has 0 saturated heterocycles. The quantitative estimate of drug-likeness (QED) is 0.454. The first-order valence-electron chi connectivity index (χ1n) is 5.87. The normalized spacial score (nSPS) is 12.9. The smallest absolute Gasteiger partial charge is 0.446 e. The molecule has 1 aromatic rings. The summed E-state index contributed by atoms with van der Waals surface area (Å²) in [4.78, 5) is 22.5. The van der Waals surface area contributed by atoms with Gasteiger partial charge in [0.1, 0.15) is 5.38 Å².